The normalized spacial score (nSPS) is 10.9. The number of rotatable bonds is 6. The van der Waals surface area contributed by atoms with Crippen LogP contribution in [-0.4, -0.2) is 18.0 Å². The second kappa shape index (κ2) is 8.86. The summed E-state index contributed by atoms with van der Waals surface area (Å²) in [5.74, 6) is 0.647. The molecule has 1 heterocycles. The maximum Gasteiger partial charge on any atom is 0.269 e. The lowest BCUT2D eigenvalue weighted by Crippen LogP contribution is -2.23. The number of halogens is 1. The molecule has 0 unspecified atom stereocenters. The molecule has 0 saturated carbocycles. The van der Waals surface area contributed by atoms with Crippen LogP contribution in [0.2, 0.25) is 5.02 Å². The Hall–Kier alpha value is -2.89. The fraction of sp³-hybridized carbons (Fsp3) is 0.125. The van der Waals surface area contributed by atoms with E-state index in [2.05, 4.69) is 28.5 Å². The van der Waals surface area contributed by atoms with Gasteiger partial charge in [0.05, 0.1) is 12.0 Å². The molecule has 152 valence electrons. The monoisotopic (exact) mass is 436 g/mol. The van der Waals surface area contributed by atoms with Crippen LogP contribution in [0.25, 0.3) is 10.9 Å². The number of carbonyl (C=O) groups excluding carboxylic acids is 1. The van der Waals surface area contributed by atoms with E-state index in [1.54, 1.807) is 18.9 Å². The van der Waals surface area contributed by atoms with E-state index in [1.807, 2.05) is 55.5 Å². The number of amides is 1. The zero-order valence-corrected chi connectivity index (χ0v) is 18.2. The number of hydrogen-bond donors (Lipinski definition) is 2. The number of nitrogens with one attached hydrogen (secondary N) is 2. The fourth-order valence-electron chi connectivity index (χ4n) is 3.19. The summed E-state index contributed by atoms with van der Waals surface area (Å²) >= 11 is 7.57. The first-order valence-corrected chi connectivity index (χ1v) is 10.7. The Morgan fingerprint density at radius 3 is 2.50 bits per heavy atom. The van der Waals surface area contributed by atoms with Crippen molar-refractivity contribution in [3.63, 3.8) is 0 Å². The highest BCUT2D eigenvalue weighted by atomic mass is 35.5. The second-order valence-corrected chi connectivity index (χ2v) is 8.49. The lowest BCUT2D eigenvalue weighted by molar-refractivity contribution is 0.0944. The minimum Gasteiger partial charge on any atom is -0.497 e. The number of methoxy groups -OCH3 is 1. The maximum atomic E-state index is 13.1. The number of aryl methyl sites for hydroxylation is 1. The number of H-pyrrole nitrogens is 1. The molecule has 0 aliphatic rings. The van der Waals surface area contributed by atoms with E-state index in [1.165, 1.54) is 0 Å². The molecular formula is C24H21ClN2O2S. The average Bonchev–Trinajstić information content (AvgIpc) is 3.11. The van der Waals surface area contributed by atoms with Crippen molar-refractivity contribution in [2.45, 2.75) is 23.3 Å². The van der Waals surface area contributed by atoms with Crippen LogP contribution < -0.4 is 10.1 Å². The number of ether oxygens (including phenoxy) is 1. The smallest absolute Gasteiger partial charge is 0.269 e. The fourth-order valence-corrected chi connectivity index (χ4v) is 4.35. The SMILES string of the molecule is COc1ccc(CNC(=O)c2[nH]c3cc(C)ccc3c2Sc2ccc(Cl)cc2)cc1. The van der Waals surface area contributed by atoms with Gasteiger partial charge in [0.25, 0.3) is 5.91 Å². The molecule has 4 nitrogen and oxygen atoms in total. The van der Waals surface area contributed by atoms with E-state index in [0.717, 1.165) is 37.6 Å². The number of carbonyl (C=O) groups is 1. The third-order valence-corrected chi connectivity index (χ3v) is 6.17. The van der Waals surface area contributed by atoms with Crippen LogP contribution in [0.4, 0.5) is 0 Å². The molecule has 1 aromatic heterocycles. The predicted octanol–water partition coefficient (Wildman–Crippen LogP) is 6.22. The predicted molar refractivity (Wildman–Crippen MR) is 123 cm³/mol. The molecule has 2 N–H and O–H groups in total. The Kier molecular flexibility index (Phi) is 6.02. The number of benzene rings is 3. The third-order valence-electron chi connectivity index (χ3n) is 4.78. The topological polar surface area (TPSA) is 54.1 Å². The minimum atomic E-state index is -0.142. The van der Waals surface area contributed by atoms with Gasteiger partial charge in [-0.3, -0.25) is 4.79 Å². The highest BCUT2D eigenvalue weighted by Gasteiger charge is 2.19. The van der Waals surface area contributed by atoms with Crippen molar-refractivity contribution in [3.8, 4) is 5.75 Å². The number of hydrogen-bond acceptors (Lipinski definition) is 3. The summed E-state index contributed by atoms with van der Waals surface area (Å²) in [6.45, 7) is 2.47. The van der Waals surface area contributed by atoms with E-state index in [-0.39, 0.29) is 5.91 Å². The first-order valence-electron chi connectivity index (χ1n) is 9.50. The van der Waals surface area contributed by atoms with Gasteiger partial charge in [-0.15, -0.1) is 0 Å². The average molecular weight is 437 g/mol. The lowest BCUT2D eigenvalue weighted by Gasteiger charge is -2.08. The summed E-state index contributed by atoms with van der Waals surface area (Å²) in [5.41, 5.74) is 3.64. The van der Waals surface area contributed by atoms with E-state index < -0.39 is 0 Å². The van der Waals surface area contributed by atoms with Crippen molar-refractivity contribution in [1.29, 1.82) is 0 Å². The number of fused-ring (bicyclic) bond motifs is 1. The van der Waals surface area contributed by atoms with Crippen molar-refractivity contribution in [3.05, 3.63) is 88.6 Å². The van der Waals surface area contributed by atoms with Gasteiger partial charge in [-0.1, -0.05) is 47.6 Å². The molecule has 0 radical (unpaired) electrons. The van der Waals surface area contributed by atoms with Crippen molar-refractivity contribution in [1.82, 2.24) is 10.3 Å². The van der Waals surface area contributed by atoms with Crippen molar-refractivity contribution in [2.24, 2.45) is 0 Å². The summed E-state index contributed by atoms with van der Waals surface area (Å²) in [4.78, 5) is 18.3. The number of aromatic nitrogens is 1. The molecule has 0 aliphatic heterocycles. The molecule has 0 spiro atoms. The van der Waals surface area contributed by atoms with Crippen LogP contribution in [0.15, 0.2) is 76.5 Å². The van der Waals surface area contributed by atoms with Gasteiger partial charge in [0.2, 0.25) is 0 Å². The van der Waals surface area contributed by atoms with Gasteiger partial charge in [-0.25, -0.2) is 0 Å². The molecule has 0 bridgehead atoms. The van der Waals surface area contributed by atoms with Crippen LogP contribution in [0.3, 0.4) is 0 Å². The molecule has 3 aromatic carbocycles. The minimum absolute atomic E-state index is 0.142. The van der Waals surface area contributed by atoms with Crippen LogP contribution in [0, 0.1) is 6.92 Å². The quantitative estimate of drug-likeness (QED) is 0.377. The molecule has 4 rings (SSSR count). The largest absolute Gasteiger partial charge is 0.497 e. The first kappa shape index (κ1) is 20.4. The van der Waals surface area contributed by atoms with Crippen molar-refractivity contribution in [2.75, 3.05) is 7.11 Å². The summed E-state index contributed by atoms with van der Waals surface area (Å²) in [6.07, 6.45) is 0. The van der Waals surface area contributed by atoms with Gasteiger partial charge < -0.3 is 15.0 Å². The van der Waals surface area contributed by atoms with Gasteiger partial charge >= 0.3 is 0 Å². The van der Waals surface area contributed by atoms with E-state index >= 15 is 0 Å². The Bertz CT molecular complexity index is 1180. The van der Waals surface area contributed by atoms with Gasteiger partial charge in [-0.05, 0) is 60.5 Å². The standard InChI is InChI=1S/C24H21ClN2O2S/c1-15-3-12-20-21(13-15)27-22(23(20)30-19-10-6-17(25)7-11-19)24(28)26-14-16-4-8-18(29-2)9-5-16/h3-13,27H,14H2,1-2H3,(H,26,28). The molecule has 0 saturated heterocycles. The van der Waals surface area contributed by atoms with Gasteiger partial charge in [0.15, 0.2) is 0 Å². The van der Waals surface area contributed by atoms with Gasteiger partial charge in [-0.2, -0.15) is 0 Å². The van der Waals surface area contributed by atoms with E-state index in [9.17, 15) is 4.79 Å². The second-order valence-electron chi connectivity index (χ2n) is 6.96. The highest BCUT2D eigenvalue weighted by molar-refractivity contribution is 7.99. The summed E-state index contributed by atoms with van der Waals surface area (Å²) in [7, 11) is 1.63. The molecule has 0 aliphatic carbocycles. The van der Waals surface area contributed by atoms with Crippen molar-refractivity contribution < 1.29 is 9.53 Å². The highest BCUT2D eigenvalue weighted by Crippen LogP contribution is 2.37. The van der Waals surface area contributed by atoms with Crippen LogP contribution in [0.5, 0.6) is 5.75 Å². The molecule has 0 atom stereocenters. The van der Waals surface area contributed by atoms with E-state index in [0.29, 0.717) is 17.3 Å². The maximum absolute atomic E-state index is 13.1. The molecule has 6 heteroatoms. The van der Waals surface area contributed by atoms with Crippen LogP contribution in [0.1, 0.15) is 21.6 Å². The Balaban J connectivity index is 1.62. The Morgan fingerprint density at radius 1 is 1.07 bits per heavy atom. The summed E-state index contributed by atoms with van der Waals surface area (Å²) < 4.78 is 5.18. The molecule has 4 aromatic rings. The zero-order valence-electron chi connectivity index (χ0n) is 16.7. The summed E-state index contributed by atoms with van der Waals surface area (Å²) in [6, 6.07) is 21.4. The molecule has 0 fully saturated rings. The zero-order chi connectivity index (χ0) is 21.1. The lowest BCUT2D eigenvalue weighted by atomic mass is 10.2. The Morgan fingerprint density at radius 2 is 1.80 bits per heavy atom. The van der Waals surface area contributed by atoms with Crippen molar-refractivity contribution >= 4 is 40.2 Å². The van der Waals surface area contributed by atoms with Crippen LogP contribution in [-0.2, 0) is 6.54 Å². The molecule has 30 heavy (non-hydrogen) atoms. The van der Waals surface area contributed by atoms with E-state index in [4.69, 9.17) is 16.3 Å². The van der Waals surface area contributed by atoms with Gasteiger partial charge in [0.1, 0.15) is 11.4 Å². The molecule has 1 amide bonds. The summed E-state index contributed by atoms with van der Waals surface area (Å²) in [5, 5.41) is 4.73. The first-order chi connectivity index (χ1) is 14.5. The van der Waals surface area contributed by atoms with Crippen LogP contribution >= 0.6 is 23.4 Å². The third kappa shape index (κ3) is 4.48. The van der Waals surface area contributed by atoms with Gasteiger partial charge in [0, 0.05) is 27.4 Å². The molecular weight excluding hydrogens is 416 g/mol. The number of aromatic amines is 1. The Labute approximate surface area is 184 Å².